The number of ketones is 1. The van der Waals surface area contributed by atoms with E-state index >= 15 is 0 Å². The van der Waals surface area contributed by atoms with E-state index in [1.165, 1.54) is 13.0 Å². The van der Waals surface area contributed by atoms with E-state index < -0.39 is 0 Å². The average Bonchev–Trinajstić information content (AvgIpc) is 2.03. The number of nitrogens with zero attached hydrogens (tertiary/aromatic N) is 1. The van der Waals surface area contributed by atoms with E-state index in [0.29, 0.717) is 16.4 Å². The summed E-state index contributed by atoms with van der Waals surface area (Å²) in [6, 6.07) is 3.17. The second-order valence-electron chi connectivity index (χ2n) is 2.36. The Balaban J connectivity index is 3.15. The van der Waals surface area contributed by atoms with Crippen molar-refractivity contribution in [3.63, 3.8) is 0 Å². The molecule has 0 saturated heterocycles. The Kier molecular flexibility index (Phi) is 3.06. The molecule has 0 aliphatic rings. The second-order valence-corrected chi connectivity index (χ2v) is 3.01. The third-order valence-corrected chi connectivity index (χ3v) is 1.86. The second kappa shape index (κ2) is 3.87. The van der Waals surface area contributed by atoms with Gasteiger partial charge in [0, 0.05) is 5.56 Å². The van der Waals surface area contributed by atoms with E-state index in [2.05, 4.69) is 4.98 Å². The maximum atomic E-state index is 10.9. The Hall–Kier alpha value is -0.600. The average molecular weight is 204 g/mol. The molecule has 12 heavy (non-hydrogen) atoms. The minimum absolute atomic E-state index is 0.0364. The quantitative estimate of drug-likeness (QED) is 0.421. The first-order valence-electron chi connectivity index (χ1n) is 3.37. The molecule has 0 amide bonds. The number of rotatable bonds is 2. The van der Waals surface area contributed by atoms with Crippen LogP contribution in [0.15, 0.2) is 12.1 Å². The number of hydrogen-bond acceptors (Lipinski definition) is 2. The number of hydrogen-bond donors (Lipinski definition) is 0. The fourth-order valence-electron chi connectivity index (χ4n) is 0.823. The lowest BCUT2D eigenvalue weighted by Gasteiger charge is -1.99. The van der Waals surface area contributed by atoms with Crippen molar-refractivity contribution in [3.8, 4) is 0 Å². The topological polar surface area (TPSA) is 30.0 Å². The van der Waals surface area contributed by atoms with Gasteiger partial charge in [-0.1, -0.05) is 11.6 Å². The minimum atomic E-state index is -0.0364. The first-order valence-corrected chi connectivity index (χ1v) is 4.28. The Morgan fingerprint density at radius 2 is 2.25 bits per heavy atom. The van der Waals surface area contributed by atoms with Crippen molar-refractivity contribution in [3.05, 3.63) is 28.5 Å². The fraction of sp³-hybridized carbons (Fsp3) is 0.250. The van der Waals surface area contributed by atoms with Gasteiger partial charge in [0.25, 0.3) is 0 Å². The van der Waals surface area contributed by atoms with E-state index in [1.807, 2.05) is 0 Å². The summed E-state index contributed by atoms with van der Waals surface area (Å²) in [5.41, 5.74) is 1.17. The molecule has 0 aromatic carbocycles. The van der Waals surface area contributed by atoms with Gasteiger partial charge < -0.3 is 0 Å². The Morgan fingerprint density at radius 1 is 1.58 bits per heavy atom. The molecule has 2 nitrogen and oxygen atoms in total. The van der Waals surface area contributed by atoms with Crippen molar-refractivity contribution in [1.29, 1.82) is 0 Å². The molecule has 1 aromatic heterocycles. The molecule has 0 radical (unpaired) electrons. The fourth-order valence-corrected chi connectivity index (χ4v) is 1.19. The first-order chi connectivity index (χ1) is 5.63. The summed E-state index contributed by atoms with van der Waals surface area (Å²) < 4.78 is 0. The molecular weight excluding hydrogens is 197 g/mol. The van der Waals surface area contributed by atoms with E-state index in [1.54, 1.807) is 6.07 Å². The van der Waals surface area contributed by atoms with Gasteiger partial charge in [0.1, 0.15) is 5.15 Å². The summed E-state index contributed by atoms with van der Waals surface area (Å²) in [4.78, 5) is 14.9. The van der Waals surface area contributed by atoms with Crippen LogP contribution < -0.4 is 0 Å². The van der Waals surface area contributed by atoms with Crippen molar-refractivity contribution < 1.29 is 4.79 Å². The Labute approximate surface area is 80.5 Å². The third kappa shape index (κ3) is 2.19. The predicted octanol–water partition coefficient (Wildman–Crippen LogP) is 2.68. The molecule has 0 bridgehead atoms. The molecule has 0 aliphatic heterocycles. The van der Waals surface area contributed by atoms with Gasteiger partial charge in [0.15, 0.2) is 5.78 Å². The van der Waals surface area contributed by atoms with Crippen LogP contribution in [-0.2, 0) is 5.88 Å². The van der Waals surface area contributed by atoms with Gasteiger partial charge in [-0.05, 0) is 19.1 Å². The van der Waals surface area contributed by atoms with E-state index in [0.717, 1.165) is 0 Å². The van der Waals surface area contributed by atoms with Gasteiger partial charge in [0.2, 0.25) is 0 Å². The molecule has 0 atom stereocenters. The summed E-state index contributed by atoms with van der Waals surface area (Å²) in [5, 5.41) is 0.304. The lowest BCUT2D eigenvalue weighted by atomic mass is 10.2. The highest BCUT2D eigenvalue weighted by Crippen LogP contribution is 2.12. The highest BCUT2D eigenvalue weighted by atomic mass is 35.5. The molecule has 0 aliphatic carbocycles. The number of alkyl halides is 1. The molecule has 0 N–H and O–H groups in total. The van der Waals surface area contributed by atoms with Crippen LogP contribution in [0.3, 0.4) is 0 Å². The molecule has 0 saturated carbocycles. The molecule has 4 heteroatoms. The lowest BCUT2D eigenvalue weighted by Crippen LogP contribution is -1.96. The van der Waals surface area contributed by atoms with E-state index in [4.69, 9.17) is 23.2 Å². The molecule has 1 heterocycles. The summed E-state index contributed by atoms with van der Waals surface area (Å²) in [7, 11) is 0. The maximum Gasteiger partial charge on any atom is 0.159 e. The highest BCUT2D eigenvalue weighted by molar-refractivity contribution is 6.29. The van der Waals surface area contributed by atoms with E-state index in [9.17, 15) is 4.79 Å². The summed E-state index contributed by atoms with van der Waals surface area (Å²) in [6.45, 7) is 1.48. The van der Waals surface area contributed by atoms with Crippen molar-refractivity contribution in [1.82, 2.24) is 4.98 Å². The largest absolute Gasteiger partial charge is 0.295 e. The zero-order valence-corrected chi connectivity index (χ0v) is 7.99. The van der Waals surface area contributed by atoms with Gasteiger partial charge in [-0.25, -0.2) is 4.98 Å². The van der Waals surface area contributed by atoms with Crippen LogP contribution in [-0.4, -0.2) is 10.8 Å². The van der Waals surface area contributed by atoms with Crippen LogP contribution in [0.2, 0.25) is 5.15 Å². The van der Waals surface area contributed by atoms with Gasteiger partial charge in [-0.3, -0.25) is 4.79 Å². The van der Waals surface area contributed by atoms with Crippen molar-refractivity contribution in [2.75, 3.05) is 0 Å². The minimum Gasteiger partial charge on any atom is -0.295 e. The molecule has 0 spiro atoms. The number of aromatic nitrogens is 1. The van der Waals surface area contributed by atoms with Crippen LogP contribution in [0.4, 0.5) is 0 Å². The number of carbonyl (C=O) groups excluding carboxylic acids is 1. The Morgan fingerprint density at radius 3 is 2.75 bits per heavy atom. The monoisotopic (exact) mass is 203 g/mol. The van der Waals surface area contributed by atoms with Crippen LogP contribution in [0.5, 0.6) is 0 Å². The molecule has 1 rings (SSSR count). The first kappa shape index (κ1) is 9.49. The van der Waals surface area contributed by atoms with Crippen molar-refractivity contribution in [2.45, 2.75) is 12.8 Å². The van der Waals surface area contributed by atoms with Crippen molar-refractivity contribution in [2.24, 2.45) is 0 Å². The summed E-state index contributed by atoms with van der Waals surface area (Å²) in [5.74, 6) is 0.228. The van der Waals surface area contributed by atoms with E-state index in [-0.39, 0.29) is 11.7 Å². The maximum absolute atomic E-state index is 10.9. The SMILES string of the molecule is CC(=O)c1cc(Cl)nc(CCl)c1. The van der Waals surface area contributed by atoms with Gasteiger partial charge in [0.05, 0.1) is 11.6 Å². The number of halogens is 2. The molecule has 0 fully saturated rings. The summed E-state index contributed by atoms with van der Waals surface area (Å²) >= 11 is 11.2. The third-order valence-electron chi connectivity index (χ3n) is 1.39. The molecule has 64 valence electrons. The number of carbonyl (C=O) groups is 1. The zero-order chi connectivity index (χ0) is 9.14. The molecular formula is C8H7Cl2NO. The molecule has 1 aromatic rings. The Bertz CT molecular complexity index is 312. The summed E-state index contributed by atoms with van der Waals surface area (Å²) in [6.07, 6.45) is 0. The van der Waals surface area contributed by atoms with Gasteiger partial charge >= 0.3 is 0 Å². The lowest BCUT2D eigenvalue weighted by molar-refractivity contribution is 0.101. The van der Waals surface area contributed by atoms with Crippen LogP contribution in [0.1, 0.15) is 23.0 Å². The van der Waals surface area contributed by atoms with Gasteiger partial charge in [-0.15, -0.1) is 11.6 Å². The normalized spacial score (nSPS) is 9.92. The number of Topliss-reactive ketones (excluding diaryl/α,β-unsaturated/α-hetero) is 1. The van der Waals surface area contributed by atoms with Crippen LogP contribution in [0, 0.1) is 0 Å². The van der Waals surface area contributed by atoms with Crippen LogP contribution >= 0.6 is 23.2 Å². The highest BCUT2D eigenvalue weighted by Gasteiger charge is 2.03. The van der Waals surface area contributed by atoms with Gasteiger partial charge in [-0.2, -0.15) is 0 Å². The van der Waals surface area contributed by atoms with Crippen molar-refractivity contribution >= 4 is 29.0 Å². The number of pyridine rings is 1. The molecule has 0 unspecified atom stereocenters. The predicted molar refractivity (Wildman–Crippen MR) is 48.8 cm³/mol. The zero-order valence-electron chi connectivity index (χ0n) is 6.47. The standard InChI is InChI=1S/C8H7Cl2NO/c1-5(12)6-2-7(4-9)11-8(10)3-6/h2-3H,4H2,1H3. The van der Waals surface area contributed by atoms with Crippen LogP contribution in [0.25, 0.3) is 0 Å². The smallest absolute Gasteiger partial charge is 0.159 e.